The minimum Gasteiger partial charge on any atom is -0.465 e. The van der Waals surface area contributed by atoms with Gasteiger partial charge in [-0.2, -0.15) is 0 Å². The van der Waals surface area contributed by atoms with Crippen molar-refractivity contribution < 1.29 is 9.53 Å². The van der Waals surface area contributed by atoms with Crippen LogP contribution in [-0.4, -0.2) is 25.2 Å². The van der Waals surface area contributed by atoms with E-state index in [1.807, 2.05) is 6.92 Å². The van der Waals surface area contributed by atoms with E-state index in [9.17, 15) is 4.79 Å². The molecule has 3 nitrogen and oxygen atoms in total. The number of allylic oxidation sites excluding steroid dienone is 2. The van der Waals surface area contributed by atoms with E-state index in [1.54, 1.807) is 0 Å². The molecule has 1 fully saturated rings. The summed E-state index contributed by atoms with van der Waals surface area (Å²) in [5.41, 5.74) is 0. The Bertz CT molecular complexity index is 288. The van der Waals surface area contributed by atoms with Crippen molar-refractivity contribution in [3.63, 3.8) is 0 Å². The molecule has 4 atom stereocenters. The van der Waals surface area contributed by atoms with Crippen LogP contribution in [0.2, 0.25) is 0 Å². The van der Waals surface area contributed by atoms with Gasteiger partial charge in [-0.1, -0.05) is 12.2 Å². The molecule has 0 aliphatic heterocycles. The predicted molar refractivity (Wildman–Crippen MR) is 62.9 cm³/mol. The maximum atomic E-state index is 11.2. The Morgan fingerprint density at radius 3 is 2.88 bits per heavy atom. The maximum Gasteiger partial charge on any atom is 0.319 e. The van der Waals surface area contributed by atoms with Gasteiger partial charge >= 0.3 is 5.97 Å². The molecule has 0 heterocycles. The third kappa shape index (κ3) is 2.46. The Balaban J connectivity index is 1.74. The quantitative estimate of drug-likeness (QED) is 0.570. The van der Waals surface area contributed by atoms with Crippen molar-refractivity contribution in [2.45, 2.75) is 32.7 Å². The predicted octanol–water partition coefficient (Wildman–Crippen LogP) is 1.74. The summed E-state index contributed by atoms with van der Waals surface area (Å²) in [6.45, 7) is 4.82. The standard InChI is InChI=1S/C13H21NO2/c1-3-16-13(15)8-14-9(2)12-7-10-4-5-11(12)6-10/h4-5,9-12,14H,3,6-8H2,1-2H3. The van der Waals surface area contributed by atoms with Gasteiger partial charge in [0.2, 0.25) is 0 Å². The molecule has 0 aromatic rings. The van der Waals surface area contributed by atoms with Crippen molar-refractivity contribution in [3.05, 3.63) is 12.2 Å². The molecule has 16 heavy (non-hydrogen) atoms. The van der Waals surface area contributed by atoms with Gasteiger partial charge in [0.05, 0.1) is 13.2 Å². The van der Waals surface area contributed by atoms with Crippen LogP contribution < -0.4 is 5.32 Å². The van der Waals surface area contributed by atoms with Crippen molar-refractivity contribution in [1.29, 1.82) is 0 Å². The number of ether oxygens (including phenoxy) is 1. The summed E-state index contributed by atoms with van der Waals surface area (Å²) in [5.74, 6) is 2.08. The Morgan fingerprint density at radius 1 is 1.50 bits per heavy atom. The zero-order valence-electron chi connectivity index (χ0n) is 10.1. The highest BCUT2D eigenvalue weighted by Crippen LogP contribution is 2.44. The normalized spacial score (nSPS) is 33.0. The number of esters is 1. The van der Waals surface area contributed by atoms with Crippen LogP contribution in [0.4, 0.5) is 0 Å². The number of fused-ring (bicyclic) bond motifs is 2. The maximum absolute atomic E-state index is 11.2. The smallest absolute Gasteiger partial charge is 0.319 e. The molecule has 90 valence electrons. The molecule has 0 aromatic heterocycles. The zero-order valence-corrected chi connectivity index (χ0v) is 10.1. The molecule has 1 saturated carbocycles. The Labute approximate surface area is 97.2 Å². The molecule has 0 amide bonds. The van der Waals surface area contributed by atoms with E-state index in [0.29, 0.717) is 25.1 Å². The lowest BCUT2D eigenvalue weighted by atomic mass is 9.87. The molecule has 0 saturated heterocycles. The van der Waals surface area contributed by atoms with Crippen LogP contribution in [0.3, 0.4) is 0 Å². The topological polar surface area (TPSA) is 38.3 Å². The molecule has 4 unspecified atom stereocenters. The number of hydrogen-bond acceptors (Lipinski definition) is 3. The van der Waals surface area contributed by atoms with E-state index in [0.717, 1.165) is 11.8 Å². The summed E-state index contributed by atoms with van der Waals surface area (Å²) in [6, 6.07) is 0.407. The second-order valence-electron chi connectivity index (χ2n) is 4.92. The van der Waals surface area contributed by atoms with Crippen LogP contribution in [0.15, 0.2) is 12.2 Å². The first-order valence-electron chi connectivity index (χ1n) is 6.28. The lowest BCUT2D eigenvalue weighted by Crippen LogP contribution is -2.39. The van der Waals surface area contributed by atoms with Crippen molar-refractivity contribution in [2.75, 3.05) is 13.2 Å². The summed E-state index contributed by atoms with van der Waals surface area (Å²) in [6.07, 6.45) is 7.29. The average molecular weight is 223 g/mol. The number of hydrogen-bond donors (Lipinski definition) is 1. The van der Waals surface area contributed by atoms with Crippen molar-refractivity contribution in [3.8, 4) is 0 Å². The number of nitrogens with one attached hydrogen (secondary N) is 1. The number of carbonyl (C=O) groups excluding carboxylic acids is 1. The summed E-state index contributed by atoms with van der Waals surface area (Å²) >= 11 is 0. The third-order valence-corrected chi connectivity index (χ3v) is 3.85. The molecule has 0 radical (unpaired) electrons. The first kappa shape index (κ1) is 11.6. The zero-order chi connectivity index (χ0) is 11.5. The fraction of sp³-hybridized carbons (Fsp3) is 0.769. The molecule has 2 rings (SSSR count). The van der Waals surface area contributed by atoms with Gasteiger partial charge < -0.3 is 10.1 Å². The van der Waals surface area contributed by atoms with Gasteiger partial charge in [-0.15, -0.1) is 0 Å². The highest BCUT2D eigenvalue weighted by molar-refractivity contribution is 5.71. The average Bonchev–Trinajstić information content (AvgIpc) is 2.88. The van der Waals surface area contributed by atoms with Crippen LogP contribution in [0, 0.1) is 17.8 Å². The first-order chi connectivity index (χ1) is 7.70. The van der Waals surface area contributed by atoms with Gasteiger partial charge in [0.25, 0.3) is 0 Å². The summed E-state index contributed by atoms with van der Waals surface area (Å²) < 4.78 is 4.90. The Kier molecular flexibility index (Phi) is 3.64. The van der Waals surface area contributed by atoms with Crippen LogP contribution in [0.5, 0.6) is 0 Å². The monoisotopic (exact) mass is 223 g/mol. The second kappa shape index (κ2) is 5.00. The van der Waals surface area contributed by atoms with Crippen LogP contribution in [0.1, 0.15) is 26.7 Å². The highest BCUT2D eigenvalue weighted by Gasteiger charge is 2.38. The molecule has 0 spiro atoms. The van der Waals surface area contributed by atoms with Gasteiger partial charge in [-0.05, 0) is 44.4 Å². The van der Waals surface area contributed by atoms with Crippen molar-refractivity contribution in [2.24, 2.45) is 17.8 Å². The lowest BCUT2D eigenvalue weighted by Gasteiger charge is -2.25. The summed E-state index contributed by atoms with van der Waals surface area (Å²) in [5, 5.41) is 3.29. The van der Waals surface area contributed by atoms with E-state index in [4.69, 9.17) is 4.74 Å². The van der Waals surface area contributed by atoms with E-state index in [2.05, 4.69) is 24.4 Å². The van der Waals surface area contributed by atoms with E-state index < -0.39 is 0 Å². The number of carbonyl (C=O) groups is 1. The van der Waals surface area contributed by atoms with Gasteiger partial charge in [0, 0.05) is 6.04 Å². The molecular weight excluding hydrogens is 202 g/mol. The van der Waals surface area contributed by atoms with Gasteiger partial charge in [0.15, 0.2) is 0 Å². The van der Waals surface area contributed by atoms with Gasteiger partial charge in [0.1, 0.15) is 0 Å². The minimum atomic E-state index is -0.145. The van der Waals surface area contributed by atoms with E-state index in [-0.39, 0.29) is 5.97 Å². The van der Waals surface area contributed by atoms with Gasteiger partial charge in [-0.3, -0.25) is 4.79 Å². The van der Waals surface area contributed by atoms with Crippen LogP contribution in [0.25, 0.3) is 0 Å². The fourth-order valence-corrected chi connectivity index (χ4v) is 3.01. The van der Waals surface area contributed by atoms with Crippen LogP contribution in [-0.2, 0) is 9.53 Å². The number of rotatable bonds is 5. The largest absolute Gasteiger partial charge is 0.465 e. The first-order valence-corrected chi connectivity index (χ1v) is 6.28. The van der Waals surface area contributed by atoms with Crippen molar-refractivity contribution in [1.82, 2.24) is 5.32 Å². The van der Waals surface area contributed by atoms with Crippen molar-refractivity contribution >= 4 is 5.97 Å². The molecule has 0 aromatic carbocycles. The van der Waals surface area contributed by atoms with Gasteiger partial charge in [-0.25, -0.2) is 0 Å². The summed E-state index contributed by atoms with van der Waals surface area (Å²) in [7, 11) is 0. The highest BCUT2D eigenvalue weighted by atomic mass is 16.5. The third-order valence-electron chi connectivity index (χ3n) is 3.85. The summed E-state index contributed by atoms with van der Waals surface area (Å²) in [4.78, 5) is 11.2. The molecule has 2 aliphatic rings. The van der Waals surface area contributed by atoms with E-state index >= 15 is 0 Å². The molecule has 1 N–H and O–H groups in total. The molecule has 3 heteroatoms. The minimum absolute atomic E-state index is 0.145. The SMILES string of the molecule is CCOC(=O)CNC(C)C1CC2C=CC1C2. The molecular formula is C13H21NO2. The Morgan fingerprint density at radius 2 is 2.31 bits per heavy atom. The Hall–Kier alpha value is -0.830. The van der Waals surface area contributed by atoms with Crippen LogP contribution >= 0.6 is 0 Å². The molecule has 2 aliphatic carbocycles. The second-order valence-corrected chi connectivity index (χ2v) is 4.92. The molecule has 2 bridgehead atoms. The van der Waals surface area contributed by atoms with E-state index in [1.165, 1.54) is 12.8 Å². The fourth-order valence-electron chi connectivity index (χ4n) is 3.01. The lowest BCUT2D eigenvalue weighted by molar-refractivity contribution is -0.142.